The lowest BCUT2D eigenvalue weighted by molar-refractivity contribution is -0.122. The molecule has 0 saturated heterocycles. The number of hydrogen-bond acceptors (Lipinski definition) is 4. The summed E-state index contributed by atoms with van der Waals surface area (Å²) in [7, 11) is 0. The maximum absolute atomic E-state index is 13.7. The highest BCUT2D eigenvalue weighted by Crippen LogP contribution is 2.13. The normalized spacial score (nSPS) is 12.7. The largest absolute Gasteiger partial charge is 0.390 e. The van der Waals surface area contributed by atoms with E-state index in [9.17, 15) is 23.5 Å². The number of Topliss-reactive ketones (excluding diaryl/α,β-unsaturated/α-hetero) is 1. The summed E-state index contributed by atoms with van der Waals surface area (Å²) in [5.41, 5.74) is 3.10. The van der Waals surface area contributed by atoms with Crippen LogP contribution in [-0.2, 0) is 24.2 Å². The summed E-state index contributed by atoms with van der Waals surface area (Å²) < 4.78 is 27.5. The molecule has 190 valence electrons. The number of rotatable bonds is 13. The van der Waals surface area contributed by atoms with Crippen LogP contribution in [0.15, 0.2) is 72.8 Å². The minimum absolute atomic E-state index is 0.0132. The van der Waals surface area contributed by atoms with Crippen molar-refractivity contribution in [1.82, 2.24) is 10.6 Å². The highest BCUT2D eigenvalue weighted by atomic mass is 19.1. The van der Waals surface area contributed by atoms with Gasteiger partial charge in [0, 0.05) is 37.6 Å². The second-order valence-corrected chi connectivity index (χ2v) is 8.82. The lowest BCUT2D eigenvalue weighted by Gasteiger charge is -2.25. The van der Waals surface area contributed by atoms with E-state index in [2.05, 4.69) is 23.6 Å². The molecule has 0 fully saturated rings. The Morgan fingerprint density at radius 2 is 1.56 bits per heavy atom. The van der Waals surface area contributed by atoms with Crippen LogP contribution < -0.4 is 10.6 Å². The van der Waals surface area contributed by atoms with Crippen molar-refractivity contribution in [2.75, 3.05) is 6.54 Å². The van der Waals surface area contributed by atoms with Crippen LogP contribution in [0.3, 0.4) is 0 Å². The molecule has 3 aromatic rings. The van der Waals surface area contributed by atoms with E-state index in [0.29, 0.717) is 17.7 Å². The Bertz CT molecular complexity index is 1130. The number of carbonyl (C=O) groups is 2. The van der Waals surface area contributed by atoms with Gasteiger partial charge in [0.05, 0.1) is 12.1 Å². The first-order valence-corrected chi connectivity index (χ1v) is 12.1. The molecule has 3 N–H and O–H groups in total. The fourth-order valence-corrected chi connectivity index (χ4v) is 4.01. The molecule has 36 heavy (non-hydrogen) atoms. The minimum atomic E-state index is -1.03. The number of aliphatic hydroxyl groups excluding tert-OH is 1. The zero-order valence-electron chi connectivity index (χ0n) is 20.3. The van der Waals surface area contributed by atoms with Crippen LogP contribution >= 0.6 is 0 Å². The van der Waals surface area contributed by atoms with E-state index in [1.807, 2.05) is 18.2 Å². The van der Waals surface area contributed by atoms with Gasteiger partial charge in [0.1, 0.15) is 11.6 Å². The molecule has 0 heterocycles. The molecule has 0 aliphatic rings. The monoisotopic (exact) mass is 494 g/mol. The first-order chi connectivity index (χ1) is 17.3. The zero-order valence-corrected chi connectivity index (χ0v) is 20.3. The summed E-state index contributed by atoms with van der Waals surface area (Å²) in [6, 6.07) is 19.1. The molecule has 1 unspecified atom stereocenters. The van der Waals surface area contributed by atoms with Crippen molar-refractivity contribution in [1.29, 1.82) is 0 Å². The average Bonchev–Trinajstić information content (AvgIpc) is 2.87. The summed E-state index contributed by atoms with van der Waals surface area (Å²) in [4.78, 5) is 25.0. The topological polar surface area (TPSA) is 78.4 Å². The van der Waals surface area contributed by atoms with Gasteiger partial charge in [-0.1, -0.05) is 61.5 Å². The zero-order chi connectivity index (χ0) is 25.9. The smallest absolute Gasteiger partial charge is 0.220 e. The number of amides is 1. The highest BCUT2D eigenvalue weighted by Gasteiger charge is 2.23. The third-order valence-corrected chi connectivity index (χ3v) is 5.95. The van der Waals surface area contributed by atoms with Gasteiger partial charge in [0.2, 0.25) is 5.91 Å². The molecular weight excluding hydrogens is 462 g/mol. The van der Waals surface area contributed by atoms with Gasteiger partial charge in [0.25, 0.3) is 0 Å². The van der Waals surface area contributed by atoms with E-state index in [-0.39, 0.29) is 31.6 Å². The predicted octanol–water partition coefficient (Wildman–Crippen LogP) is 4.37. The molecular formula is C29H32F2N2O3. The van der Waals surface area contributed by atoms with Gasteiger partial charge < -0.3 is 15.7 Å². The van der Waals surface area contributed by atoms with Gasteiger partial charge in [0.15, 0.2) is 5.78 Å². The maximum Gasteiger partial charge on any atom is 0.220 e. The van der Waals surface area contributed by atoms with E-state index in [4.69, 9.17) is 0 Å². The molecule has 0 aliphatic carbocycles. The molecule has 0 saturated carbocycles. The van der Waals surface area contributed by atoms with E-state index in [1.165, 1.54) is 17.7 Å². The van der Waals surface area contributed by atoms with Crippen LogP contribution in [0.4, 0.5) is 8.78 Å². The first kappa shape index (κ1) is 27.2. The third-order valence-electron chi connectivity index (χ3n) is 5.95. The number of ketones is 1. The summed E-state index contributed by atoms with van der Waals surface area (Å²) in [6.07, 6.45) is -0.132. The van der Waals surface area contributed by atoms with Gasteiger partial charge >= 0.3 is 0 Å². The van der Waals surface area contributed by atoms with Gasteiger partial charge in [-0.3, -0.25) is 9.59 Å². The number of nitrogens with one attached hydrogen (secondary N) is 2. The minimum Gasteiger partial charge on any atom is -0.390 e. The fourth-order valence-electron chi connectivity index (χ4n) is 4.01. The molecule has 0 radical (unpaired) electrons. The highest BCUT2D eigenvalue weighted by molar-refractivity contribution is 5.97. The van der Waals surface area contributed by atoms with E-state index in [0.717, 1.165) is 18.1 Å². The Kier molecular flexibility index (Phi) is 10.3. The molecule has 3 rings (SSSR count). The average molecular weight is 495 g/mol. The molecule has 0 aliphatic heterocycles. The van der Waals surface area contributed by atoms with Gasteiger partial charge in [-0.15, -0.1) is 0 Å². The van der Waals surface area contributed by atoms with Crippen LogP contribution in [0.25, 0.3) is 0 Å². The molecule has 3 aromatic carbocycles. The Morgan fingerprint density at radius 1 is 0.861 bits per heavy atom. The molecule has 0 aromatic heterocycles. The Morgan fingerprint density at radius 3 is 2.25 bits per heavy atom. The fraction of sp³-hybridized carbons (Fsp3) is 0.310. The van der Waals surface area contributed by atoms with Gasteiger partial charge in [-0.05, 0) is 41.7 Å². The van der Waals surface area contributed by atoms with Gasteiger partial charge in [-0.25, -0.2) is 8.78 Å². The quantitative estimate of drug-likeness (QED) is 0.309. The summed E-state index contributed by atoms with van der Waals surface area (Å²) in [5.74, 6) is -2.04. The number of halogens is 2. The summed E-state index contributed by atoms with van der Waals surface area (Å²) in [5, 5.41) is 16.8. The van der Waals surface area contributed by atoms with Crippen molar-refractivity contribution < 1.29 is 23.5 Å². The van der Waals surface area contributed by atoms with Crippen molar-refractivity contribution in [3.63, 3.8) is 0 Å². The van der Waals surface area contributed by atoms with Crippen molar-refractivity contribution in [2.45, 2.75) is 51.3 Å². The van der Waals surface area contributed by atoms with Crippen LogP contribution in [0.1, 0.15) is 46.8 Å². The van der Waals surface area contributed by atoms with Crippen molar-refractivity contribution in [3.05, 3.63) is 107 Å². The Hall–Kier alpha value is -3.42. The van der Waals surface area contributed by atoms with Crippen LogP contribution in [-0.4, -0.2) is 35.5 Å². The lowest BCUT2D eigenvalue weighted by Crippen LogP contribution is -2.48. The van der Waals surface area contributed by atoms with Crippen molar-refractivity contribution in [2.24, 2.45) is 0 Å². The molecule has 2 atom stereocenters. The van der Waals surface area contributed by atoms with E-state index < -0.39 is 29.7 Å². The molecule has 5 nitrogen and oxygen atoms in total. The Balaban J connectivity index is 1.62. The maximum atomic E-state index is 13.7. The standard InChI is InChI=1S/C29H32F2N2O3/c1-2-20-7-6-8-21(13-20)18-32-19-28(35)26(16-22-14-24(30)17-25(31)15-22)33-29(36)12-11-27(34)23-9-4-3-5-10-23/h3-10,13-15,17,26,28,32,35H,2,11-12,16,18-19H2,1H3,(H,33,36)/t26-,28?/m0/s1. The second-order valence-electron chi connectivity index (χ2n) is 8.82. The second kappa shape index (κ2) is 13.6. The van der Waals surface area contributed by atoms with E-state index in [1.54, 1.807) is 30.3 Å². The lowest BCUT2D eigenvalue weighted by atomic mass is 10.00. The molecule has 0 bridgehead atoms. The van der Waals surface area contributed by atoms with Crippen molar-refractivity contribution in [3.8, 4) is 0 Å². The number of hydrogen-bond donors (Lipinski definition) is 3. The predicted molar refractivity (Wildman–Crippen MR) is 136 cm³/mol. The summed E-state index contributed by atoms with van der Waals surface area (Å²) in [6.45, 7) is 2.75. The SMILES string of the molecule is CCc1cccc(CNCC(O)[C@H](Cc2cc(F)cc(F)c2)NC(=O)CCC(=O)c2ccccc2)c1. The molecule has 1 amide bonds. The van der Waals surface area contributed by atoms with Gasteiger partial charge in [-0.2, -0.15) is 0 Å². The first-order valence-electron chi connectivity index (χ1n) is 12.1. The number of aryl methyl sites for hydroxylation is 1. The molecule has 0 spiro atoms. The van der Waals surface area contributed by atoms with Crippen LogP contribution in [0, 0.1) is 11.6 Å². The van der Waals surface area contributed by atoms with Crippen molar-refractivity contribution >= 4 is 11.7 Å². The summed E-state index contributed by atoms with van der Waals surface area (Å²) >= 11 is 0. The third kappa shape index (κ3) is 8.66. The number of benzene rings is 3. The molecule has 7 heteroatoms. The van der Waals surface area contributed by atoms with E-state index >= 15 is 0 Å². The van der Waals surface area contributed by atoms with Crippen LogP contribution in [0.5, 0.6) is 0 Å². The Labute approximate surface area is 210 Å². The number of aliphatic hydroxyl groups is 1. The number of carbonyl (C=O) groups excluding carboxylic acids is 2. The van der Waals surface area contributed by atoms with Crippen LogP contribution in [0.2, 0.25) is 0 Å².